The third-order valence-electron chi connectivity index (χ3n) is 7.92. The van der Waals surface area contributed by atoms with Gasteiger partial charge in [-0.1, -0.05) is 66.7 Å². The van der Waals surface area contributed by atoms with Crippen molar-refractivity contribution in [2.24, 2.45) is 0 Å². The van der Waals surface area contributed by atoms with Crippen molar-refractivity contribution >= 4 is 16.8 Å². The molecule has 1 amide bonds. The molecule has 0 spiro atoms. The lowest BCUT2D eigenvalue weighted by atomic mass is 9.87. The number of para-hydroxylation sites is 1. The molecule has 0 saturated heterocycles. The Kier molecular flexibility index (Phi) is 9.16. The van der Waals surface area contributed by atoms with E-state index in [9.17, 15) is 9.18 Å². The van der Waals surface area contributed by atoms with Crippen molar-refractivity contribution in [2.45, 2.75) is 32.0 Å². The van der Waals surface area contributed by atoms with E-state index >= 15 is 0 Å². The van der Waals surface area contributed by atoms with Crippen molar-refractivity contribution in [3.8, 4) is 11.5 Å². The normalized spacial score (nSPS) is 11.7. The number of methoxy groups -OCH3 is 1. The highest BCUT2D eigenvalue weighted by Gasteiger charge is 2.24. The molecule has 226 valence electrons. The van der Waals surface area contributed by atoms with Crippen LogP contribution in [0.1, 0.15) is 40.2 Å². The van der Waals surface area contributed by atoms with Crippen LogP contribution in [0.2, 0.25) is 0 Å². The minimum absolute atomic E-state index is 0.0743. The van der Waals surface area contributed by atoms with Crippen LogP contribution in [0, 0.1) is 5.82 Å². The molecule has 0 saturated carbocycles. The highest BCUT2D eigenvalue weighted by Crippen LogP contribution is 2.39. The maximum atomic E-state index is 13.6. The van der Waals surface area contributed by atoms with Crippen LogP contribution >= 0.6 is 0 Å². The number of fused-ring (bicyclic) bond motifs is 1. The zero-order chi connectivity index (χ0) is 31.0. The van der Waals surface area contributed by atoms with E-state index < -0.39 is 0 Å². The Hall–Kier alpha value is -5.43. The number of nitrogens with one attached hydrogen (secondary N) is 1. The number of amides is 1. The van der Waals surface area contributed by atoms with Gasteiger partial charge in [0, 0.05) is 54.9 Å². The average molecular weight is 600 g/mol. The summed E-state index contributed by atoms with van der Waals surface area (Å²) in [6, 6.07) is 34.4. The van der Waals surface area contributed by atoms with Crippen molar-refractivity contribution in [3.05, 3.63) is 161 Å². The second-order valence-corrected chi connectivity index (χ2v) is 10.9. The number of rotatable bonds is 12. The highest BCUT2D eigenvalue weighted by atomic mass is 19.1. The number of nitrogens with zero attached hydrogens (tertiary/aromatic N) is 2. The van der Waals surface area contributed by atoms with Gasteiger partial charge in [0.2, 0.25) is 5.91 Å². The fourth-order valence-corrected chi connectivity index (χ4v) is 5.59. The third-order valence-corrected chi connectivity index (χ3v) is 7.92. The maximum Gasteiger partial charge on any atom is 0.221 e. The Morgan fingerprint density at radius 1 is 0.844 bits per heavy atom. The van der Waals surface area contributed by atoms with E-state index in [2.05, 4.69) is 33.2 Å². The Morgan fingerprint density at radius 3 is 2.38 bits per heavy atom. The molecule has 0 bridgehead atoms. The minimum Gasteiger partial charge on any atom is -0.493 e. The summed E-state index contributed by atoms with van der Waals surface area (Å²) in [5, 5.41) is 4.14. The summed E-state index contributed by atoms with van der Waals surface area (Å²) in [6.07, 6.45) is 5.77. The van der Waals surface area contributed by atoms with Gasteiger partial charge in [0.25, 0.3) is 0 Å². The average Bonchev–Trinajstić information content (AvgIpc) is 3.45. The molecule has 45 heavy (non-hydrogen) atoms. The molecular weight excluding hydrogens is 565 g/mol. The first kappa shape index (κ1) is 29.6. The molecule has 0 aliphatic rings. The van der Waals surface area contributed by atoms with Gasteiger partial charge in [-0.2, -0.15) is 0 Å². The number of carbonyl (C=O) groups excluding carboxylic acids is 1. The topological polar surface area (TPSA) is 65.4 Å². The number of carbonyl (C=O) groups is 1. The first-order valence-electron chi connectivity index (χ1n) is 14.9. The van der Waals surface area contributed by atoms with E-state index in [1.54, 1.807) is 31.6 Å². The zero-order valence-corrected chi connectivity index (χ0v) is 25.0. The molecule has 1 atom stereocenters. The predicted octanol–water partition coefficient (Wildman–Crippen LogP) is 7.65. The molecule has 1 N–H and O–H groups in total. The fourth-order valence-electron chi connectivity index (χ4n) is 5.59. The van der Waals surface area contributed by atoms with Crippen LogP contribution in [0.5, 0.6) is 11.5 Å². The molecule has 2 heterocycles. The predicted molar refractivity (Wildman–Crippen MR) is 174 cm³/mol. The van der Waals surface area contributed by atoms with Gasteiger partial charge in [-0.25, -0.2) is 4.39 Å². The van der Waals surface area contributed by atoms with Crippen molar-refractivity contribution in [1.82, 2.24) is 14.9 Å². The van der Waals surface area contributed by atoms with Gasteiger partial charge in [0.1, 0.15) is 12.4 Å². The van der Waals surface area contributed by atoms with Crippen LogP contribution in [0.4, 0.5) is 4.39 Å². The number of pyridine rings is 1. The maximum absolute atomic E-state index is 13.6. The van der Waals surface area contributed by atoms with Gasteiger partial charge < -0.3 is 19.4 Å². The Morgan fingerprint density at radius 2 is 1.60 bits per heavy atom. The SMILES string of the molecule is COc1ccc([C@@H](CC(=O)NCc2ccncc2)c2cn(Cc3ccc(F)cc3)c3ccccc23)cc1OCc1ccccc1. The monoisotopic (exact) mass is 599 g/mol. The number of benzene rings is 4. The lowest BCUT2D eigenvalue weighted by Gasteiger charge is -2.20. The smallest absolute Gasteiger partial charge is 0.221 e. The Balaban J connectivity index is 1.37. The van der Waals surface area contributed by atoms with Gasteiger partial charge in [0.15, 0.2) is 11.5 Å². The van der Waals surface area contributed by atoms with Crippen LogP contribution in [-0.2, 0) is 24.5 Å². The second-order valence-electron chi connectivity index (χ2n) is 10.9. The van der Waals surface area contributed by atoms with Crippen molar-refractivity contribution in [3.63, 3.8) is 0 Å². The number of aromatic nitrogens is 2. The number of hydrogen-bond donors (Lipinski definition) is 1. The zero-order valence-electron chi connectivity index (χ0n) is 25.0. The van der Waals surface area contributed by atoms with Gasteiger partial charge in [-0.3, -0.25) is 9.78 Å². The van der Waals surface area contributed by atoms with E-state index in [1.165, 1.54) is 12.1 Å². The first-order chi connectivity index (χ1) is 22.1. The lowest BCUT2D eigenvalue weighted by molar-refractivity contribution is -0.121. The molecule has 6 aromatic rings. The standard InChI is InChI=1S/C38H34FN3O3/c1-44-36-16-13-30(21-37(36)45-26-29-7-3-2-4-8-29)33(22-38(43)41-23-27-17-19-40-20-18-27)34-25-42(35-10-6-5-9-32(34)35)24-28-11-14-31(39)15-12-28/h2-21,25,33H,22-24,26H2,1H3,(H,41,43)/t33-/m1/s1. The summed E-state index contributed by atoms with van der Waals surface area (Å²) >= 11 is 0. The summed E-state index contributed by atoms with van der Waals surface area (Å²) in [5.41, 5.74) is 5.99. The van der Waals surface area contributed by atoms with Crippen LogP contribution in [-0.4, -0.2) is 22.6 Å². The molecule has 7 heteroatoms. The summed E-state index contributed by atoms with van der Waals surface area (Å²) in [7, 11) is 1.62. The summed E-state index contributed by atoms with van der Waals surface area (Å²) in [6.45, 7) is 1.36. The van der Waals surface area contributed by atoms with E-state index in [0.717, 1.165) is 38.7 Å². The van der Waals surface area contributed by atoms with Crippen molar-refractivity contribution in [2.75, 3.05) is 7.11 Å². The molecule has 6 nitrogen and oxygen atoms in total. The van der Waals surface area contributed by atoms with E-state index in [4.69, 9.17) is 9.47 Å². The summed E-state index contributed by atoms with van der Waals surface area (Å²) in [4.78, 5) is 17.6. The minimum atomic E-state index is -0.285. The molecule has 0 aliphatic carbocycles. The van der Waals surface area contributed by atoms with Gasteiger partial charge >= 0.3 is 0 Å². The largest absolute Gasteiger partial charge is 0.493 e. The number of hydrogen-bond acceptors (Lipinski definition) is 4. The van der Waals surface area contributed by atoms with E-state index in [1.807, 2.05) is 72.8 Å². The van der Waals surface area contributed by atoms with Gasteiger partial charge in [-0.05, 0) is 70.3 Å². The third kappa shape index (κ3) is 7.21. The van der Waals surface area contributed by atoms with Gasteiger partial charge in [0.05, 0.1) is 7.11 Å². The first-order valence-corrected chi connectivity index (χ1v) is 14.9. The van der Waals surface area contributed by atoms with Crippen molar-refractivity contribution in [1.29, 1.82) is 0 Å². The fraction of sp³-hybridized carbons (Fsp3) is 0.158. The van der Waals surface area contributed by atoms with E-state index in [-0.39, 0.29) is 24.1 Å². The molecule has 0 radical (unpaired) electrons. The highest BCUT2D eigenvalue weighted by molar-refractivity contribution is 5.87. The molecular formula is C38H34FN3O3. The Bertz CT molecular complexity index is 1870. The Labute approximate surface area is 262 Å². The van der Waals surface area contributed by atoms with Crippen LogP contribution in [0.25, 0.3) is 10.9 Å². The quantitative estimate of drug-likeness (QED) is 0.157. The number of ether oxygens (including phenoxy) is 2. The summed E-state index contributed by atoms with van der Waals surface area (Å²) < 4.78 is 27.7. The molecule has 0 fully saturated rings. The van der Waals surface area contributed by atoms with Crippen LogP contribution < -0.4 is 14.8 Å². The van der Waals surface area contributed by atoms with Crippen LogP contribution in [0.3, 0.4) is 0 Å². The number of halogens is 1. The lowest BCUT2D eigenvalue weighted by Crippen LogP contribution is -2.25. The molecule has 0 unspecified atom stereocenters. The molecule has 0 aliphatic heterocycles. The summed E-state index contributed by atoms with van der Waals surface area (Å²) in [5.74, 6) is 0.603. The molecule has 4 aromatic carbocycles. The molecule has 2 aromatic heterocycles. The van der Waals surface area contributed by atoms with Crippen molar-refractivity contribution < 1.29 is 18.7 Å². The van der Waals surface area contributed by atoms with Gasteiger partial charge in [-0.15, -0.1) is 0 Å². The second kappa shape index (κ2) is 13.9. The molecule has 6 rings (SSSR count). The van der Waals surface area contributed by atoms with E-state index in [0.29, 0.717) is 31.2 Å². The van der Waals surface area contributed by atoms with Crippen LogP contribution in [0.15, 0.2) is 128 Å².